The van der Waals surface area contributed by atoms with Crippen LogP contribution in [0.2, 0.25) is 0 Å². The topological polar surface area (TPSA) is 64.7 Å². The molecule has 0 fully saturated rings. The average molecular weight is 383 g/mol. The Bertz CT molecular complexity index is 1130. The second kappa shape index (κ2) is 7.39. The third kappa shape index (κ3) is 3.33. The minimum Gasteiger partial charge on any atom is -0.344 e. The lowest BCUT2D eigenvalue weighted by Crippen LogP contribution is -2.28. The highest BCUT2D eigenvalue weighted by atomic mass is 16.2. The van der Waals surface area contributed by atoms with Crippen LogP contribution in [0.15, 0.2) is 79.1 Å². The molecule has 1 aliphatic rings. The molecule has 6 heteroatoms. The Balaban J connectivity index is 1.46. The van der Waals surface area contributed by atoms with Gasteiger partial charge < -0.3 is 9.88 Å². The van der Waals surface area contributed by atoms with E-state index in [0.717, 1.165) is 18.4 Å². The van der Waals surface area contributed by atoms with E-state index >= 15 is 0 Å². The molecule has 1 amide bonds. The van der Waals surface area contributed by atoms with Crippen LogP contribution in [0.1, 0.15) is 39.6 Å². The van der Waals surface area contributed by atoms with Crippen molar-refractivity contribution in [3.63, 3.8) is 0 Å². The second-order valence-corrected chi connectivity index (χ2v) is 7.26. The van der Waals surface area contributed by atoms with Crippen molar-refractivity contribution in [2.75, 3.05) is 0 Å². The first kappa shape index (κ1) is 17.4. The Kier molecular flexibility index (Phi) is 4.44. The largest absolute Gasteiger partial charge is 0.344 e. The van der Waals surface area contributed by atoms with Gasteiger partial charge in [0.05, 0.1) is 12.6 Å². The van der Waals surface area contributed by atoms with Crippen molar-refractivity contribution in [1.29, 1.82) is 0 Å². The molecular formula is C23H21N5O. The highest BCUT2D eigenvalue weighted by Crippen LogP contribution is 2.31. The molecule has 1 aliphatic carbocycles. The zero-order chi connectivity index (χ0) is 19.6. The Labute approximate surface area is 168 Å². The summed E-state index contributed by atoms with van der Waals surface area (Å²) in [6.45, 7) is 0.543. The lowest BCUT2D eigenvalue weighted by Gasteiger charge is -2.14. The van der Waals surface area contributed by atoms with E-state index < -0.39 is 0 Å². The summed E-state index contributed by atoms with van der Waals surface area (Å²) in [5.41, 5.74) is 3.93. The van der Waals surface area contributed by atoms with E-state index in [1.807, 2.05) is 71.6 Å². The summed E-state index contributed by atoms with van der Waals surface area (Å²) in [4.78, 5) is 13.2. The van der Waals surface area contributed by atoms with Crippen LogP contribution < -0.4 is 5.32 Å². The lowest BCUT2D eigenvalue weighted by molar-refractivity contribution is 0.0931. The molecule has 144 valence electrons. The molecule has 0 saturated heterocycles. The number of aryl methyl sites for hydroxylation is 1. The van der Waals surface area contributed by atoms with Gasteiger partial charge in [-0.25, -0.2) is 4.68 Å². The van der Waals surface area contributed by atoms with Gasteiger partial charge >= 0.3 is 0 Å². The van der Waals surface area contributed by atoms with Gasteiger partial charge in [0.25, 0.3) is 5.91 Å². The van der Waals surface area contributed by atoms with Crippen LogP contribution in [0.3, 0.4) is 0 Å². The van der Waals surface area contributed by atoms with E-state index in [2.05, 4.69) is 27.8 Å². The number of carbonyl (C=O) groups excluding carboxylic acids is 1. The summed E-state index contributed by atoms with van der Waals surface area (Å²) >= 11 is 0. The molecule has 0 radical (unpaired) electrons. The number of nitrogens with one attached hydrogen (secondary N) is 1. The fourth-order valence-electron chi connectivity index (χ4n) is 3.98. The lowest BCUT2D eigenvalue weighted by atomic mass is 10.1. The Morgan fingerprint density at radius 3 is 2.59 bits per heavy atom. The van der Waals surface area contributed by atoms with E-state index in [-0.39, 0.29) is 11.9 Å². The number of aromatic nitrogens is 4. The van der Waals surface area contributed by atoms with E-state index in [9.17, 15) is 4.79 Å². The molecule has 1 atom stereocenters. The monoisotopic (exact) mass is 383 g/mol. The number of amides is 1. The van der Waals surface area contributed by atoms with Gasteiger partial charge in [0.15, 0.2) is 11.5 Å². The van der Waals surface area contributed by atoms with Gasteiger partial charge in [-0.1, -0.05) is 59.8 Å². The SMILES string of the molecule is O=C(N[C@@H]1CCc2ccccc21)c1nnn(Cc2ccccc2)c1-n1cccc1. The summed E-state index contributed by atoms with van der Waals surface area (Å²) in [7, 11) is 0. The van der Waals surface area contributed by atoms with Gasteiger partial charge in [-0.3, -0.25) is 4.79 Å². The first-order chi connectivity index (χ1) is 14.3. The molecule has 0 aliphatic heterocycles. The van der Waals surface area contributed by atoms with Crippen molar-refractivity contribution in [1.82, 2.24) is 24.9 Å². The average Bonchev–Trinajstić information content (AvgIpc) is 3.49. The van der Waals surface area contributed by atoms with Crippen LogP contribution in [0.4, 0.5) is 0 Å². The van der Waals surface area contributed by atoms with Gasteiger partial charge in [0.2, 0.25) is 0 Å². The van der Waals surface area contributed by atoms with Crippen LogP contribution in [-0.4, -0.2) is 25.5 Å². The molecule has 29 heavy (non-hydrogen) atoms. The molecule has 0 saturated carbocycles. The van der Waals surface area contributed by atoms with Crippen LogP contribution in [0.25, 0.3) is 5.82 Å². The number of carbonyl (C=O) groups is 1. The number of hydrogen-bond acceptors (Lipinski definition) is 3. The van der Waals surface area contributed by atoms with E-state index in [1.54, 1.807) is 4.68 Å². The van der Waals surface area contributed by atoms with Gasteiger partial charge in [-0.15, -0.1) is 5.10 Å². The van der Waals surface area contributed by atoms with Gasteiger partial charge in [-0.2, -0.15) is 0 Å². The quantitative estimate of drug-likeness (QED) is 0.573. The zero-order valence-electron chi connectivity index (χ0n) is 15.9. The zero-order valence-corrected chi connectivity index (χ0v) is 15.9. The molecule has 4 aromatic rings. The molecule has 5 rings (SSSR count). The Hall–Kier alpha value is -3.67. The molecule has 1 N–H and O–H groups in total. The fourth-order valence-corrected chi connectivity index (χ4v) is 3.98. The maximum atomic E-state index is 13.2. The molecule has 0 unspecified atom stereocenters. The van der Waals surface area contributed by atoms with E-state index in [0.29, 0.717) is 18.1 Å². The van der Waals surface area contributed by atoms with Crippen molar-refractivity contribution in [2.45, 2.75) is 25.4 Å². The van der Waals surface area contributed by atoms with E-state index in [1.165, 1.54) is 11.1 Å². The summed E-state index contributed by atoms with van der Waals surface area (Å²) in [5, 5.41) is 11.7. The molecule has 0 bridgehead atoms. The van der Waals surface area contributed by atoms with Crippen LogP contribution in [0.5, 0.6) is 0 Å². The number of rotatable bonds is 5. The predicted molar refractivity (Wildman–Crippen MR) is 110 cm³/mol. The third-order valence-electron chi connectivity index (χ3n) is 5.39. The maximum Gasteiger partial charge on any atom is 0.276 e. The Morgan fingerprint density at radius 1 is 1.00 bits per heavy atom. The summed E-state index contributed by atoms with van der Waals surface area (Å²) in [5.74, 6) is 0.470. The molecule has 2 heterocycles. The van der Waals surface area contributed by atoms with Crippen molar-refractivity contribution in [2.24, 2.45) is 0 Å². The van der Waals surface area contributed by atoms with Crippen LogP contribution in [0, 0.1) is 0 Å². The van der Waals surface area contributed by atoms with E-state index in [4.69, 9.17) is 0 Å². The summed E-state index contributed by atoms with van der Waals surface area (Å²) in [6, 6.07) is 22.2. The number of fused-ring (bicyclic) bond motifs is 1. The standard InChI is InChI=1S/C23H21N5O/c29-22(24-20-13-12-18-10-4-5-11-19(18)20)21-23(27-14-6-7-15-27)28(26-25-21)16-17-8-2-1-3-9-17/h1-11,14-15,20H,12-13,16H2,(H,24,29)/t20-/m1/s1. The summed E-state index contributed by atoms with van der Waals surface area (Å²) < 4.78 is 3.66. The van der Waals surface area contributed by atoms with Gasteiger partial charge in [0.1, 0.15) is 0 Å². The fraction of sp³-hybridized carbons (Fsp3) is 0.174. The molecule has 2 aromatic carbocycles. The highest BCUT2D eigenvalue weighted by Gasteiger charge is 2.27. The number of nitrogens with zero attached hydrogens (tertiary/aromatic N) is 4. The van der Waals surface area contributed by atoms with Crippen molar-refractivity contribution in [3.05, 3.63) is 102 Å². The first-order valence-corrected chi connectivity index (χ1v) is 9.79. The number of hydrogen-bond donors (Lipinski definition) is 1. The molecular weight excluding hydrogens is 362 g/mol. The molecule has 6 nitrogen and oxygen atoms in total. The van der Waals surface area contributed by atoms with Crippen LogP contribution >= 0.6 is 0 Å². The minimum atomic E-state index is -0.199. The highest BCUT2D eigenvalue weighted by molar-refractivity contribution is 5.95. The Morgan fingerprint density at radius 2 is 1.76 bits per heavy atom. The predicted octanol–water partition coefficient (Wildman–Crippen LogP) is 3.53. The third-order valence-corrected chi connectivity index (χ3v) is 5.39. The van der Waals surface area contributed by atoms with Gasteiger partial charge in [-0.05, 0) is 41.7 Å². The van der Waals surface area contributed by atoms with Crippen molar-refractivity contribution >= 4 is 5.91 Å². The smallest absolute Gasteiger partial charge is 0.276 e. The van der Waals surface area contributed by atoms with Crippen molar-refractivity contribution < 1.29 is 4.79 Å². The number of benzene rings is 2. The van der Waals surface area contributed by atoms with Gasteiger partial charge in [0, 0.05) is 12.4 Å². The van der Waals surface area contributed by atoms with Crippen molar-refractivity contribution in [3.8, 4) is 5.82 Å². The molecule has 0 spiro atoms. The summed E-state index contributed by atoms with van der Waals surface area (Å²) in [6.07, 6.45) is 5.69. The first-order valence-electron chi connectivity index (χ1n) is 9.79. The minimum absolute atomic E-state index is 0.00971. The second-order valence-electron chi connectivity index (χ2n) is 7.26. The maximum absolute atomic E-state index is 13.2. The normalized spacial score (nSPS) is 15.2. The molecule has 2 aromatic heterocycles. The van der Waals surface area contributed by atoms with Crippen LogP contribution in [-0.2, 0) is 13.0 Å².